The van der Waals surface area contributed by atoms with Gasteiger partial charge in [-0.25, -0.2) is 8.42 Å². The number of sulfonamides is 1. The molecule has 5 nitrogen and oxygen atoms in total. The van der Waals surface area contributed by atoms with Gasteiger partial charge in [0.2, 0.25) is 10.0 Å². The molecular weight excluding hydrogens is 204 g/mol. The van der Waals surface area contributed by atoms with E-state index in [0.29, 0.717) is 0 Å². The maximum atomic E-state index is 11.1. The average Bonchev–Trinajstić information content (AvgIpc) is 2.02. The van der Waals surface area contributed by atoms with Gasteiger partial charge in [0.25, 0.3) is 0 Å². The zero-order valence-corrected chi connectivity index (χ0v) is 7.95. The Morgan fingerprint density at radius 1 is 1.50 bits per heavy atom. The first kappa shape index (κ1) is 10.3. The smallest absolute Gasteiger partial charge is 0.246 e. The molecule has 1 rings (SSSR count). The zero-order valence-electron chi connectivity index (χ0n) is 7.14. The summed E-state index contributed by atoms with van der Waals surface area (Å²) in [4.78, 5) is 0. The van der Waals surface area contributed by atoms with E-state index in [2.05, 4.69) is 4.72 Å². The number of phenols is 1. The largest absolute Gasteiger partial charge is 0.508 e. The van der Waals surface area contributed by atoms with Crippen LogP contribution in [0.1, 0.15) is 0 Å². The van der Waals surface area contributed by atoms with Crippen molar-refractivity contribution in [1.82, 2.24) is 0 Å². The van der Waals surface area contributed by atoms with Crippen molar-refractivity contribution in [2.45, 2.75) is 0 Å². The molecular formula is C8H8N2O3S. The fourth-order valence-corrected chi connectivity index (χ4v) is 1.60. The summed E-state index contributed by atoms with van der Waals surface area (Å²) in [6.45, 7) is 0. The highest BCUT2D eigenvalue weighted by atomic mass is 32.2. The monoisotopic (exact) mass is 212 g/mol. The van der Waals surface area contributed by atoms with Crippen LogP contribution in [0.3, 0.4) is 0 Å². The molecule has 0 saturated carbocycles. The molecule has 6 heteroatoms. The molecule has 2 N–H and O–H groups in total. The van der Waals surface area contributed by atoms with Crippen molar-refractivity contribution in [2.24, 2.45) is 0 Å². The third kappa shape index (κ3) is 2.95. The summed E-state index contributed by atoms with van der Waals surface area (Å²) in [5.74, 6) is -0.648. The van der Waals surface area contributed by atoms with E-state index in [0.717, 1.165) is 0 Å². The molecule has 0 unspecified atom stereocenters. The van der Waals surface area contributed by atoms with E-state index in [1.807, 2.05) is 0 Å². The Kier molecular flexibility index (Phi) is 2.94. The molecule has 0 fully saturated rings. The van der Waals surface area contributed by atoms with Crippen LogP contribution < -0.4 is 4.72 Å². The van der Waals surface area contributed by atoms with Crippen molar-refractivity contribution in [1.29, 1.82) is 5.26 Å². The minimum absolute atomic E-state index is 0.0397. The van der Waals surface area contributed by atoms with Crippen LogP contribution >= 0.6 is 0 Å². The Balaban J connectivity index is 2.85. The van der Waals surface area contributed by atoms with Gasteiger partial charge in [-0.3, -0.25) is 4.72 Å². The van der Waals surface area contributed by atoms with Crippen molar-refractivity contribution in [2.75, 3.05) is 10.5 Å². The normalized spacial score (nSPS) is 10.5. The van der Waals surface area contributed by atoms with Crippen LogP contribution in [0.4, 0.5) is 5.69 Å². The van der Waals surface area contributed by atoms with Crippen molar-refractivity contribution < 1.29 is 13.5 Å². The number of rotatable bonds is 3. The second kappa shape index (κ2) is 3.98. The SMILES string of the molecule is N#CCS(=O)(=O)Nc1cccc(O)c1. The molecule has 1 aromatic rings. The molecule has 0 aliphatic carbocycles. The van der Waals surface area contributed by atoms with Gasteiger partial charge in [0.1, 0.15) is 5.75 Å². The summed E-state index contributed by atoms with van der Waals surface area (Å²) >= 11 is 0. The standard InChI is InChI=1S/C8H8N2O3S/c9-4-5-14(12,13)10-7-2-1-3-8(11)6-7/h1-3,6,10-11H,5H2. The number of anilines is 1. The third-order valence-corrected chi connectivity index (χ3v) is 2.43. The lowest BCUT2D eigenvalue weighted by molar-refractivity contribution is 0.475. The van der Waals surface area contributed by atoms with Gasteiger partial charge in [0, 0.05) is 6.07 Å². The topological polar surface area (TPSA) is 90.2 Å². The predicted octanol–water partition coefficient (Wildman–Crippen LogP) is 0.657. The van der Waals surface area contributed by atoms with Crippen LogP contribution in [0.15, 0.2) is 24.3 Å². The molecule has 0 amide bonds. The number of benzene rings is 1. The molecule has 0 saturated heterocycles. The molecule has 0 aromatic heterocycles. The first-order valence-electron chi connectivity index (χ1n) is 3.70. The van der Waals surface area contributed by atoms with E-state index >= 15 is 0 Å². The molecule has 0 bridgehead atoms. The molecule has 74 valence electrons. The van der Waals surface area contributed by atoms with Gasteiger partial charge >= 0.3 is 0 Å². The van der Waals surface area contributed by atoms with Crippen molar-refractivity contribution in [3.05, 3.63) is 24.3 Å². The molecule has 0 atom stereocenters. The van der Waals surface area contributed by atoms with E-state index in [1.54, 1.807) is 0 Å². The van der Waals surface area contributed by atoms with Gasteiger partial charge in [0.05, 0.1) is 11.8 Å². The summed E-state index contributed by atoms with van der Waals surface area (Å²) in [7, 11) is -3.62. The number of hydrogen-bond acceptors (Lipinski definition) is 4. The van der Waals surface area contributed by atoms with Gasteiger partial charge in [-0.15, -0.1) is 0 Å². The molecule has 14 heavy (non-hydrogen) atoms. The van der Waals surface area contributed by atoms with E-state index < -0.39 is 15.8 Å². The summed E-state index contributed by atoms with van der Waals surface area (Å²) in [6.07, 6.45) is 0. The van der Waals surface area contributed by atoms with Crippen molar-refractivity contribution >= 4 is 15.7 Å². The maximum absolute atomic E-state index is 11.1. The summed E-state index contributed by atoms with van der Waals surface area (Å²) < 4.78 is 24.3. The molecule has 0 aliphatic rings. The number of aromatic hydroxyl groups is 1. The van der Waals surface area contributed by atoms with Crippen LogP contribution in [0.25, 0.3) is 0 Å². The van der Waals surface area contributed by atoms with Crippen molar-refractivity contribution in [3.63, 3.8) is 0 Å². The van der Waals surface area contributed by atoms with E-state index in [1.165, 1.54) is 30.3 Å². The summed E-state index contributed by atoms with van der Waals surface area (Å²) in [5.41, 5.74) is 0.236. The number of nitrogens with zero attached hydrogens (tertiary/aromatic N) is 1. The summed E-state index contributed by atoms with van der Waals surface area (Å²) in [6, 6.07) is 7.19. The van der Waals surface area contributed by atoms with Crippen LogP contribution in [0, 0.1) is 11.3 Å². The van der Waals surface area contributed by atoms with Gasteiger partial charge in [0.15, 0.2) is 5.75 Å². The highest BCUT2D eigenvalue weighted by Crippen LogP contribution is 2.16. The Morgan fingerprint density at radius 3 is 2.79 bits per heavy atom. The van der Waals surface area contributed by atoms with E-state index in [4.69, 9.17) is 10.4 Å². The lowest BCUT2D eigenvalue weighted by atomic mass is 10.3. The quantitative estimate of drug-likeness (QED) is 0.770. The summed E-state index contributed by atoms with van der Waals surface area (Å²) in [5, 5.41) is 17.3. The van der Waals surface area contributed by atoms with Crippen molar-refractivity contribution in [3.8, 4) is 11.8 Å². The minimum atomic E-state index is -3.62. The molecule has 0 spiro atoms. The molecule has 1 aromatic carbocycles. The Labute approximate surface area is 81.7 Å². The van der Waals surface area contributed by atoms with Crippen LogP contribution in [0.5, 0.6) is 5.75 Å². The molecule has 0 heterocycles. The van der Waals surface area contributed by atoms with Crippen LogP contribution in [0.2, 0.25) is 0 Å². The molecule has 0 radical (unpaired) electrons. The Bertz CT molecular complexity index is 462. The fourth-order valence-electron chi connectivity index (χ4n) is 0.870. The zero-order chi connectivity index (χ0) is 10.6. The van der Waals surface area contributed by atoms with Crippen LogP contribution in [-0.2, 0) is 10.0 Å². The minimum Gasteiger partial charge on any atom is -0.508 e. The first-order chi connectivity index (χ1) is 6.53. The molecule has 0 aliphatic heterocycles. The number of nitrogens with one attached hydrogen (secondary N) is 1. The number of nitriles is 1. The predicted molar refractivity (Wildman–Crippen MR) is 51.1 cm³/mol. The highest BCUT2D eigenvalue weighted by molar-refractivity contribution is 7.92. The van der Waals surface area contributed by atoms with E-state index in [9.17, 15) is 8.42 Å². The Hall–Kier alpha value is -1.74. The maximum Gasteiger partial charge on any atom is 0.246 e. The second-order valence-electron chi connectivity index (χ2n) is 2.57. The Morgan fingerprint density at radius 2 is 2.21 bits per heavy atom. The van der Waals surface area contributed by atoms with Crippen LogP contribution in [-0.4, -0.2) is 19.3 Å². The first-order valence-corrected chi connectivity index (χ1v) is 5.35. The number of hydrogen-bond donors (Lipinski definition) is 2. The van der Waals surface area contributed by atoms with Gasteiger partial charge in [-0.1, -0.05) is 6.07 Å². The lowest BCUT2D eigenvalue weighted by Gasteiger charge is -2.04. The third-order valence-electron chi connectivity index (χ3n) is 1.37. The lowest BCUT2D eigenvalue weighted by Crippen LogP contribution is -2.15. The average molecular weight is 212 g/mol. The van der Waals surface area contributed by atoms with E-state index in [-0.39, 0.29) is 11.4 Å². The van der Waals surface area contributed by atoms with Gasteiger partial charge < -0.3 is 5.11 Å². The number of phenolic OH excluding ortho intramolecular Hbond substituents is 1. The second-order valence-corrected chi connectivity index (χ2v) is 4.29. The highest BCUT2D eigenvalue weighted by Gasteiger charge is 2.08. The van der Waals surface area contributed by atoms with Gasteiger partial charge in [-0.2, -0.15) is 5.26 Å². The fraction of sp³-hybridized carbons (Fsp3) is 0.125. The van der Waals surface area contributed by atoms with Gasteiger partial charge in [-0.05, 0) is 12.1 Å².